The van der Waals surface area contributed by atoms with E-state index in [2.05, 4.69) is 10.2 Å². The molecule has 0 atom stereocenters. The summed E-state index contributed by atoms with van der Waals surface area (Å²) in [5, 5.41) is 7.45. The van der Waals surface area contributed by atoms with Gasteiger partial charge in [0.05, 0.1) is 6.54 Å². The summed E-state index contributed by atoms with van der Waals surface area (Å²) in [6.07, 6.45) is 6.81. The molecule has 8 heteroatoms. The number of nitrogens with one attached hydrogen (secondary N) is 1. The summed E-state index contributed by atoms with van der Waals surface area (Å²) in [5.41, 5.74) is 3.85. The van der Waals surface area contributed by atoms with Crippen molar-refractivity contribution in [1.82, 2.24) is 20.0 Å². The van der Waals surface area contributed by atoms with Gasteiger partial charge in [0.15, 0.2) is 5.69 Å². The molecule has 1 N–H and O–H groups in total. The molecule has 3 amide bonds. The number of hydrogen-bond acceptors (Lipinski definition) is 5. The maximum absolute atomic E-state index is 13.3. The van der Waals surface area contributed by atoms with Crippen LogP contribution in [0.4, 0.5) is 0 Å². The smallest absolute Gasteiger partial charge is 0.275 e. The largest absolute Gasteiger partial charge is 0.492 e. The number of likely N-dealkylation sites (tertiary alicyclic amines) is 1. The third kappa shape index (κ3) is 4.26. The first-order valence-corrected chi connectivity index (χ1v) is 11.5. The van der Waals surface area contributed by atoms with Crippen LogP contribution in [0.1, 0.15) is 65.8 Å². The van der Waals surface area contributed by atoms with E-state index in [-0.39, 0.29) is 36.9 Å². The Labute approximate surface area is 186 Å². The van der Waals surface area contributed by atoms with Crippen LogP contribution >= 0.6 is 0 Å². The van der Waals surface area contributed by atoms with Gasteiger partial charge in [-0.05, 0) is 56.2 Å². The summed E-state index contributed by atoms with van der Waals surface area (Å²) in [6, 6.07) is 7.95. The third-order valence-electron chi connectivity index (χ3n) is 6.52. The number of imide groups is 1. The monoisotopic (exact) mass is 436 g/mol. The van der Waals surface area contributed by atoms with E-state index < -0.39 is 0 Å². The Balaban J connectivity index is 1.20. The minimum Gasteiger partial charge on any atom is -0.492 e. The number of fused-ring (bicyclic) bond motifs is 1. The number of H-pyrrole nitrogens is 1. The molecule has 0 spiro atoms. The first kappa shape index (κ1) is 20.7. The number of carbonyl (C=O) groups is 3. The molecule has 1 saturated carbocycles. The average molecular weight is 437 g/mol. The lowest BCUT2D eigenvalue weighted by molar-refractivity contribution is -0.138. The molecule has 32 heavy (non-hydrogen) atoms. The van der Waals surface area contributed by atoms with E-state index in [1.165, 1.54) is 4.90 Å². The highest BCUT2D eigenvalue weighted by atomic mass is 16.5. The van der Waals surface area contributed by atoms with E-state index in [9.17, 15) is 14.4 Å². The Morgan fingerprint density at radius 2 is 1.78 bits per heavy atom. The van der Waals surface area contributed by atoms with Gasteiger partial charge in [0.25, 0.3) is 5.91 Å². The molecule has 3 aliphatic rings. The van der Waals surface area contributed by atoms with Crippen molar-refractivity contribution in [2.75, 3.05) is 13.2 Å². The van der Waals surface area contributed by atoms with Crippen LogP contribution in [0.25, 0.3) is 0 Å². The molecule has 1 aromatic heterocycles. The normalized spacial score (nSPS) is 18.1. The van der Waals surface area contributed by atoms with Gasteiger partial charge in [-0.2, -0.15) is 5.10 Å². The van der Waals surface area contributed by atoms with Crippen LogP contribution in [-0.4, -0.2) is 56.9 Å². The zero-order valence-electron chi connectivity index (χ0n) is 18.1. The number of carbonyl (C=O) groups excluding carboxylic acids is 3. The van der Waals surface area contributed by atoms with Gasteiger partial charge in [-0.3, -0.25) is 24.4 Å². The van der Waals surface area contributed by atoms with Gasteiger partial charge < -0.3 is 9.64 Å². The zero-order valence-corrected chi connectivity index (χ0v) is 18.1. The van der Waals surface area contributed by atoms with Crippen molar-refractivity contribution < 1.29 is 19.1 Å². The lowest BCUT2D eigenvalue weighted by atomic mass is 9.95. The number of nitrogens with zero attached hydrogens (tertiary/aromatic N) is 3. The summed E-state index contributed by atoms with van der Waals surface area (Å²) < 4.78 is 5.71. The molecular formula is C24H28N4O4. The molecule has 2 fully saturated rings. The molecule has 0 radical (unpaired) electrons. The molecule has 1 aromatic carbocycles. The minimum atomic E-state index is -0.128. The molecule has 2 aliphatic carbocycles. The van der Waals surface area contributed by atoms with Crippen LogP contribution in [-0.2, 0) is 29.0 Å². The van der Waals surface area contributed by atoms with Crippen molar-refractivity contribution in [3.8, 4) is 5.75 Å². The van der Waals surface area contributed by atoms with Crippen LogP contribution in [0.15, 0.2) is 24.3 Å². The van der Waals surface area contributed by atoms with E-state index in [0.29, 0.717) is 30.8 Å². The number of hydrogen-bond donors (Lipinski definition) is 1. The van der Waals surface area contributed by atoms with Gasteiger partial charge in [0, 0.05) is 36.7 Å². The van der Waals surface area contributed by atoms with Gasteiger partial charge in [-0.25, -0.2) is 0 Å². The van der Waals surface area contributed by atoms with E-state index in [0.717, 1.165) is 55.3 Å². The van der Waals surface area contributed by atoms with Crippen molar-refractivity contribution >= 4 is 17.7 Å². The lowest BCUT2D eigenvalue weighted by Crippen LogP contribution is -2.33. The van der Waals surface area contributed by atoms with Gasteiger partial charge in [0.2, 0.25) is 11.8 Å². The molecular weight excluding hydrogens is 408 g/mol. The summed E-state index contributed by atoms with van der Waals surface area (Å²) >= 11 is 0. The summed E-state index contributed by atoms with van der Waals surface area (Å²) in [6.45, 7) is 1.09. The Bertz CT molecular complexity index is 1010. The van der Waals surface area contributed by atoms with Crippen molar-refractivity contribution in [1.29, 1.82) is 0 Å². The van der Waals surface area contributed by atoms with Gasteiger partial charge >= 0.3 is 0 Å². The highest BCUT2D eigenvalue weighted by Gasteiger charge is 2.35. The second kappa shape index (κ2) is 8.76. The number of ether oxygens (including phenoxy) is 1. The number of benzene rings is 1. The van der Waals surface area contributed by atoms with Crippen LogP contribution in [0.2, 0.25) is 0 Å². The lowest BCUT2D eigenvalue weighted by Gasteiger charge is -2.23. The summed E-state index contributed by atoms with van der Waals surface area (Å²) in [4.78, 5) is 39.9. The highest BCUT2D eigenvalue weighted by molar-refractivity contribution is 6.01. The predicted molar refractivity (Wildman–Crippen MR) is 116 cm³/mol. The number of aryl methyl sites for hydroxylation is 1. The quantitative estimate of drug-likeness (QED) is 0.642. The van der Waals surface area contributed by atoms with Crippen molar-refractivity contribution in [2.45, 2.75) is 64.0 Å². The Kier molecular flexibility index (Phi) is 5.68. The van der Waals surface area contributed by atoms with Crippen LogP contribution in [0.5, 0.6) is 5.75 Å². The molecule has 168 valence electrons. The minimum absolute atomic E-state index is 0.0205. The molecule has 2 heterocycles. The van der Waals surface area contributed by atoms with E-state index in [1.54, 1.807) is 0 Å². The molecule has 2 aromatic rings. The standard InChI is InChI=1S/C24H28N4O4/c29-21-11-12-22(30)27(21)13-14-32-18-9-5-16(6-10-18)15-28(17-7-8-17)24(31)23-19-3-1-2-4-20(19)25-26-23/h5-6,9-10,17H,1-4,7-8,11-15H2,(H,25,26). The number of amides is 3. The number of aromatic nitrogens is 2. The fourth-order valence-electron chi connectivity index (χ4n) is 4.56. The average Bonchev–Trinajstić information content (AvgIpc) is 3.48. The van der Waals surface area contributed by atoms with Crippen molar-refractivity contribution in [3.05, 3.63) is 46.8 Å². The van der Waals surface area contributed by atoms with Gasteiger partial charge in [-0.15, -0.1) is 0 Å². The highest BCUT2D eigenvalue weighted by Crippen LogP contribution is 2.32. The molecule has 5 rings (SSSR count). The number of rotatable bonds is 8. The zero-order chi connectivity index (χ0) is 22.1. The first-order valence-electron chi connectivity index (χ1n) is 11.5. The Morgan fingerprint density at radius 3 is 2.50 bits per heavy atom. The molecule has 1 saturated heterocycles. The Hall–Kier alpha value is -3.16. The summed E-state index contributed by atoms with van der Waals surface area (Å²) in [7, 11) is 0. The van der Waals surface area contributed by atoms with Crippen LogP contribution < -0.4 is 4.74 Å². The van der Waals surface area contributed by atoms with Gasteiger partial charge in [-0.1, -0.05) is 12.1 Å². The third-order valence-corrected chi connectivity index (χ3v) is 6.52. The Morgan fingerprint density at radius 1 is 1.06 bits per heavy atom. The summed E-state index contributed by atoms with van der Waals surface area (Å²) in [5.74, 6) is 0.444. The van der Waals surface area contributed by atoms with E-state index in [1.807, 2.05) is 29.2 Å². The second-order valence-electron chi connectivity index (χ2n) is 8.83. The van der Waals surface area contributed by atoms with Crippen LogP contribution in [0, 0.1) is 0 Å². The second-order valence-corrected chi connectivity index (χ2v) is 8.83. The maximum Gasteiger partial charge on any atom is 0.275 e. The van der Waals surface area contributed by atoms with Crippen molar-refractivity contribution in [3.63, 3.8) is 0 Å². The predicted octanol–water partition coefficient (Wildman–Crippen LogP) is 2.62. The topological polar surface area (TPSA) is 95.6 Å². The maximum atomic E-state index is 13.3. The van der Waals surface area contributed by atoms with Gasteiger partial charge in [0.1, 0.15) is 12.4 Å². The van der Waals surface area contributed by atoms with Crippen molar-refractivity contribution in [2.24, 2.45) is 0 Å². The molecule has 1 aliphatic heterocycles. The molecule has 0 unspecified atom stereocenters. The molecule has 0 bridgehead atoms. The SMILES string of the molecule is O=C1CCC(=O)N1CCOc1ccc(CN(C(=O)c2n[nH]c3c2CCCC3)C2CC2)cc1. The first-order chi connectivity index (χ1) is 15.6. The van der Waals surface area contributed by atoms with E-state index >= 15 is 0 Å². The van der Waals surface area contributed by atoms with Crippen LogP contribution in [0.3, 0.4) is 0 Å². The fraction of sp³-hybridized carbons (Fsp3) is 0.500. The number of aromatic amines is 1. The van der Waals surface area contributed by atoms with E-state index in [4.69, 9.17) is 4.74 Å². The molecule has 8 nitrogen and oxygen atoms in total. The fourth-order valence-corrected chi connectivity index (χ4v) is 4.56.